The lowest BCUT2D eigenvalue weighted by Gasteiger charge is -1.91. The molecule has 0 rings (SSSR count). The van der Waals surface area contributed by atoms with E-state index in [1.54, 1.807) is 0 Å². The van der Waals surface area contributed by atoms with E-state index >= 15 is 0 Å². The van der Waals surface area contributed by atoms with Gasteiger partial charge in [0.1, 0.15) is 0 Å². The number of rotatable bonds is 3. The topological polar surface area (TPSA) is 26.0 Å². The number of allylic oxidation sites excluding steroid dienone is 1. The lowest BCUT2D eigenvalue weighted by atomic mass is 10.2. The van der Waals surface area contributed by atoms with Gasteiger partial charge in [0, 0.05) is 0 Å². The maximum absolute atomic E-state index is 5.29. The second-order valence-corrected chi connectivity index (χ2v) is 1.98. The summed E-state index contributed by atoms with van der Waals surface area (Å²) in [7, 11) is 0. The first kappa shape index (κ1) is 12.4. The Morgan fingerprint density at radius 1 is 1.40 bits per heavy atom. The maximum Gasteiger partial charge on any atom is -0.00425 e. The third kappa shape index (κ3) is 10.6. The van der Waals surface area contributed by atoms with Crippen molar-refractivity contribution in [2.75, 3.05) is 6.54 Å². The van der Waals surface area contributed by atoms with Crippen LogP contribution in [0.5, 0.6) is 0 Å². The average molecular weight is 143 g/mol. The van der Waals surface area contributed by atoms with Crippen LogP contribution in [0.1, 0.15) is 40.5 Å². The number of hydrogen-bond donors (Lipinski definition) is 1. The molecule has 1 heteroatoms. The van der Waals surface area contributed by atoms with Crippen LogP contribution in [0.2, 0.25) is 0 Å². The molecule has 0 fully saturated rings. The number of nitrogens with two attached hydrogens (primary N) is 1. The van der Waals surface area contributed by atoms with Gasteiger partial charge in [0.05, 0.1) is 0 Å². The molecule has 62 valence electrons. The van der Waals surface area contributed by atoms with Crippen molar-refractivity contribution in [2.24, 2.45) is 5.73 Å². The van der Waals surface area contributed by atoms with E-state index in [1.165, 1.54) is 5.57 Å². The molecule has 0 unspecified atom stereocenters. The molecule has 0 heterocycles. The summed E-state index contributed by atoms with van der Waals surface area (Å²) in [6.07, 6.45) is 4.37. The van der Waals surface area contributed by atoms with Crippen molar-refractivity contribution < 1.29 is 0 Å². The van der Waals surface area contributed by atoms with Gasteiger partial charge in [0.25, 0.3) is 0 Å². The van der Waals surface area contributed by atoms with Crippen LogP contribution >= 0.6 is 0 Å². The first-order valence-corrected chi connectivity index (χ1v) is 4.17. The van der Waals surface area contributed by atoms with Crippen LogP contribution < -0.4 is 5.73 Å². The van der Waals surface area contributed by atoms with Crippen LogP contribution in [-0.2, 0) is 0 Å². The van der Waals surface area contributed by atoms with Crippen LogP contribution in [0.3, 0.4) is 0 Å². The van der Waals surface area contributed by atoms with E-state index in [9.17, 15) is 0 Å². The summed E-state index contributed by atoms with van der Waals surface area (Å²) in [6.45, 7) is 9.06. The fourth-order valence-electron chi connectivity index (χ4n) is 0.474. The van der Waals surface area contributed by atoms with E-state index in [1.807, 2.05) is 13.8 Å². The summed E-state index contributed by atoms with van der Waals surface area (Å²) < 4.78 is 0. The van der Waals surface area contributed by atoms with E-state index in [0.29, 0.717) is 0 Å². The molecule has 0 spiro atoms. The average Bonchev–Trinajstić information content (AvgIpc) is 2.04. The third-order valence-corrected chi connectivity index (χ3v) is 1.22. The minimum Gasteiger partial charge on any atom is -0.330 e. The van der Waals surface area contributed by atoms with Crippen molar-refractivity contribution in [1.29, 1.82) is 0 Å². The van der Waals surface area contributed by atoms with Gasteiger partial charge in [-0.25, -0.2) is 0 Å². The molecule has 0 bridgehead atoms. The summed E-state index contributed by atoms with van der Waals surface area (Å²) in [4.78, 5) is 0. The van der Waals surface area contributed by atoms with Gasteiger partial charge in [-0.05, 0) is 26.3 Å². The van der Waals surface area contributed by atoms with Gasteiger partial charge < -0.3 is 5.73 Å². The highest BCUT2D eigenvalue weighted by Crippen LogP contribution is 1.97. The smallest absolute Gasteiger partial charge is 0.00425 e. The molecule has 0 aliphatic carbocycles. The first-order chi connectivity index (χ1) is 4.81. The Morgan fingerprint density at radius 2 is 1.90 bits per heavy atom. The fourth-order valence-corrected chi connectivity index (χ4v) is 0.474. The Bertz CT molecular complexity index is 74.8. The molecule has 0 radical (unpaired) electrons. The second kappa shape index (κ2) is 11.5. The van der Waals surface area contributed by atoms with Crippen molar-refractivity contribution in [3.05, 3.63) is 11.6 Å². The van der Waals surface area contributed by atoms with Crippen molar-refractivity contribution in [3.8, 4) is 0 Å². The SMILES string of the molecule is CC.CC/C(C)=C\CCN. The zero-order valence-corrected chi connectivity index (χ0v) is 7.78. The largest absolute Gasteiger partial charge is 0.330 e. The predicted molar refractivity (Wildman–Crippen MR) is 49.1 cm³/mol. The van der Waals surface area contributed by atoms with Crippen LogP contribution in [0.15, 0.2) is 11.6 Å². The summed E-state index contributed by atoms with van der Waals surface area (Å²) in [6, 6.07) is 0. The summed E-state index contributed by atoms with van der Waals surface area (Å²) in [5.41, 5.74) is 6.73. The van der Waals surface area contributed by atoms with Crippen molar-refractivity contribution in [1.82, 2.24) is 0 Å². The highest BCUT2D eigenvalue weighted by molar-refractivity contribution is 4.96. The van der Waals surface area contributed by atoms with Gasteiger partial charge in [-0.3, -0.25) is 0 Å². The van der Waals surface area contributed by atoms with Gasteiger partial charge in [-0.1, -0.05) is 32.4 Å². The number of hydrogen-bond acceptors (Lipinski definition) is 1. The Hall–Kier alpha value is -0.300. The van der Waals surface area contributed by atoms with Crippen LogP contribution in [-0.4, -0.2) is 6.54 Å². The molecule has 0 amide bonds. The van der Waals surface area contributed by atoms with E-state index in [4.69, 9.17) is 5.73 Å². The third-order valence-electron chi connectivity index (χ3n) is 1.22. The second-order valence-electron chi connectivity index (χ2n) is 1.98. The lowest BCUT2D eigenvalue weighted by Crippen LogP contribution is -1.95. The molecule has 0 saturated carbocycles. The monoisotopic (exact) mass is 143 g/mol. The van der Waals surface area contributed by atoms with Gasteiger partial charge in [0.2, 0.25) is 0 Å². The van der Waals surface area contributed by atoms with E-state index in [0.717, 1.165) is 19.4 Å². The zero-order valence-electron chi connectivity index (χ0n) is 7.78. The Balaban J connectivity index is 0. The molecule has 0 saturated heterocycles. The minimum atomic E-state index is 0.775. The summed E-state index contributed by atoms with van der Waals surface area (Å²) in [5.74, 6) is 0. The Labute approximate surface area is 65.3 Å². The van der Waals surface area contributed by atoms with Gasteiger partial charge in [0.15, 0.2) is 0 Å². The molecule has 0 atom stereocenters. The molecule has 1 nitrogen and oxygen atoms in total. The quantitative estimate of drug-likeness (QED) is 0.604. The zero-order chi connectivity index (χ0) is 8.41. The van der Waals surface area contributed by atoms with Gasteiger partial charge in [-0.2, -0.15) is 0 Å². The highest BCUT2D eigenvalue weighted by Gasteiger charge is 1.79. The molecule has 0 aromatic carbocycles. The summed E-state index contributed by atoms with van der Waals surface area (Å²) in [5, 5.41) is 0. The Kier molecular flexibility index (Phi) is 14.2. The van der Waals surface area contributed by atoms with Gasteiger partial charge in [-0.15, -0.1) is 0 Å². The van der Waals surface area contributed by atoms with Gasteiger partial charge >= 0.3 is 0 Å². The standard InChI is InChI=1S/C7H15N.C2H6/c1-3-7(2)5-4-6-8;1-2/h5H,3-4,6,8H2,1-2H3;1-2H3/b7-5-;. The maximum atomic E-state index is 5.29. The molecule has 0 aliphatic rings. The molecular weight excluding hydrogens is 122 g/mol. The Morgan fingerprint density at radius 3 is 2.20 bits per heavy atom. The van der Waals surface area contributed by atoms with E-state index in [2.05, 4.69) is 19.9 Å². The van der Waals surface area contributed by atoms with E-state index in [-0.39, 0.29) is 0 Å². The van der Waals surface area contributed by atoms with Crippen molar-refractivity contribution in [2.45, 2.75) is 40.5 Å². The predicted octanol–water partition coefficient (Wildman–Crippen LogP) is 2.72. The van der Waals surface area contributed by atoms with Crippen molar-refractivity contribution in [3.63, 3.8) is 0 Å². The van der Waals surface area contributed by atoms with Crippen LogP contribution in [0, 0.1) is 0 Å². The molecule has 0 aliphatic heterocycles. The first-order valence-electron chi connectivity index (χ1n) is 4.17. The minimum absolute atomic E-state index is 0.775. The molecule has 10 heavy (non-hydrogen) atoms. The summed E-state index contributed by atoms with van der Waals surface area (Å²) >= 11 is 0. The normalized spacial score (nSPS) is 10.3. The molecule has 0 aromatic rings. The fraction of sp³-hybridized carbons (Fsp3) is 0.778. The van der Waals surface area contributed by atoms with Crippen LogP contribution in [0.4, 0.5) is 0 Å². The van der Waals surface area contributed by atoms with Crippen LogP contribution in [0.25, 0.3) is 0 Å². The lowest BCUT2D eigenvalue weighted by molar-refractivity contribution is 0.974. The van der Waals surface area contributed by atoms with E-state index < -0.39 is 0 Å². The molecule has 0 aromatic heterocycles. The highest BCUT2D eigenvalue weighted by atomic mass is 14.5. The molecule has 2 N–H and O–H groups in total. The van der Waals surface area contributed by atoms with Crippen molar-refractivity contribution >= 4 is 0 Å². The molecular formula is C9H21N.